The van der Waals surface area contributed by atoms with Crippen LogP contribution in [0.3, 0.4) is 0 Å². The summed E-state index contributed by atoms with van der Waals surface area (Å²) in [4.78, 5) is 50.9. The Labute approximate surface area is 176 Å². The SMILES string of the molecule is C[C@@H](OC(=O)CN1C(=O)N[C@@](C)(C2CC2)C1=O)C(=O)NC12CC3CC(CC(C3)C1)C2. The number of rotatable bonds is 6. The molecule has 0 radical (unpaired) electrons. The number of carbonyl (C=O) groups is 4. The van der Waals surface area contributed by atoms with Crippen molar-refractivity contribution < 1.29 is 23.9 Å². The maximum atomic E-state index is 12.8. The molecule has 1 heterocycles. The van der Waals surface area contributed by atoms with Crippen LogP contribution in [0.25, 0.3) is 0 Å². The Balaban J connectivity index is 1.16. The average molecular weight is 418 g/mol. The highest BCUT2D eigenvalue weighted by Crippen LogP contribution is 2.55. The predicted molar refractivity (Wildman–Crippen MR) is 106 cm³/mol. The van der Waals surface area contributed by atoms with Gasteiger partial charge in [0.05, 0.1) is 0 Å². The lowest BCUT2D eigenvalue weighted by Gasteiger charge is -2.57. The second kappa shape index (κ2) is 6.69. The fraction of sp³-hybridized carbons (Fsp3) is 0.818. The van der Waals surface area contributed by atoms with Gasteiger partial charge in [-0.2, -0.15) is 0 Å². The summed E-state index contributed by atoms with van der Waals surface area (Å²) in [6.45, 7) is 2.79. The first-order chi connectivity index (χ1) is 14.2. The molecule has 30 heavy (non-hydrogen) atoms. The lowest BCUT2D eigenvalue weighted by atomic mass is 9.53. The number of urea groups is 1. The molecule has 0 aromatic carbocycles. The van der Waals surface area contributed by atoms with E-state index in [0.29, 0.717) is 17.8 Å². The first-order valence-corrected chi connectivity index (χ1v) is 11.3. The molecule has 2 N–H and O–H groups in total. The van der Waals surface area contributed by atoms with E-state index in [1.807, 2.05) is 0 Å². The minimum absolute atomic E-state index is 0.125. The molecule has 5 aliphatic carbocycles. The number of nitrogens with one attached hydrogen (secondary N) is 2. The zero-order valence-electron chi connectivity index (χ0n) is 17.7. The smallest absolute Gasteiger partial charge is 0.327 e. The third-order valence-corrected chi connectivity index (χ3v) is 8.09. The van der Waals surface area contributed by atoms with Crippen LogP contribution in [-0.4, -0.2) is 52.4 Å². The lowest BCUT2D eigenvalue weighted by molar-refractivity contribution is -0.158. The number of esters is 1. The zero-order valence-corrected chi connectivity index (χ0v) is 17.7. The molecule has 0 aromatic rings. The second-order valence-corrected chi connectivity index (χ2v) is 10.6. The van der Waals surface area contributed by atoms with Gasteiger partial charge in [0.1, 0.15) is 12.1 Å². The standard InChI is InChI=1S/C22H31N3O5/c1-12(18(27)23-22-8-13-5-14(9-22)7-15(6-13)10-22)30-17(26)11-25-19(28)21(2,16-3-4-16)24-20(25)29/h12-16H,3-11H2,1-2H3,(H,23,27)(H,24,29)/t12-,13?,14?,15?,21+,22?/m1/s1. The van der Waals surface area contributed by atoms with E-state index in [9.17, 15) is 19.2 Å². The number of ether oxygens (including phenoxy) is 1. The molecule has 1 saturated heterocycles. The predicted octanol–water partition coefficient (Wildman–Crippen LogP) is 1.72. The maximum Gasteiger partial charge on any atom is 0.327 e. The number of imide groups is 1. The summed E-state index contributed by atoms with van der Waals surface area (Å²) >= 11 is 0. The Morgan fingerprint density at radius 3 is 2.23 bits per heavy atom. The summed E-state index contributed by atoms with van der Waals surface area (Å²) in [5.74, 6) is 0.814. The van der Waals surface area contributed by atoms with E-state index in [1.165, 1.54) is 19.3 Å². The van der Waals surface area contributed by atoms with Crippen LogP contribution in [0, 0.1) is 23.7 Å². The number of hydrogen-bond acceptors (Lipinski definition) is 5. The lowest BCUT2D eigenvalue weighted by Crippen LogP contribution is -2.61. The highest BCUT2D eigenvalue weighted by atomic mass is 16.5. The van der Waals surface area contributed by atoms with E-state index in [4.69, 9.17) is 4.74 Å². The molecule has 1 aliphatic heterocycles. The topological polar surface area (TPSA) is 105 Å². The normalized spacial score (nSPS) is 40.3. The van der Waals surface area contributed by atoms with E-state index in [2.05, 4.69) is 10.6 Å². The Kier molecular flexibility index (Phi) is 4.42. The van der Waals surface area contributed by atoms with Crippen LogP contribution in [0.2, 0.25) is 0 Å². The van der Waals surface area contributed by atoms with Gasteiger partial charge in [-0.15, -0.1) is 0 Å². The van der Waals surface area contributed by atoms with Crippen LogP contribution in [-0.2, 0) is 19.1 Å². The van der Waals surface area contributed by atoms with Gasteiger partial charge in [0.2, 0.25) is 0 Å². The average Bonchev–Trinajstić information content (AvgIpc) is 3.46. The molecule has 6 aliphatic rings. The largest absolute Gasteiger partial charge is 0.451 e. The number of carbonyl (C=O) groups excluding carboxylic acids is 4. The molecule has 6 fully saturated rings. The van der Waals surface area contributed by atoms with Crippen LogP contribution in [0.1, 0.15) is 65.2 Å². The van der Waals surface area contributed by atoms with Crippen LogP contribution in [0.5, 0.6) is 0 Å². The monoisotopic (exact) mass is 417 g/mol. The summed E-state index contributed by atoms with van der Waals surface area (Å²) in [5, 5.41) is 5.91. The zero-order chi connectivity index (χ0) is 21.3. The van der Waals surface area contributed by atoms with Crippen LogP contribution in [0.4, 0.5) is 4.79 Å². The van der Waals surface area contributed by atoms with Gasteiger partial charge in [-0.3, -0.25) is 19.3 Å². The van der Waals surface area contributed by atoms with Crippen molar-refractivity contribution in [1.29, 1.82) is 0 Å². The Morgan fingerprint density at radius 2 is 1.70 bits per heavy atom. The van der Waals surface area contributed by atoms with E-state index >= 15 is 0 Å². The first kappa shape index (κ1) is 19.8. The quantitative estimate of drug-likeness (QED) is 0.506. The van der Waals surface area contributed by atoms with Crippen molar-refractivity contribution in [3.63, 3.8) is 0 Å². The molecule has 4 bridgehead atoms. The van der Waals surface area contributed by atoms with Gasteiger partial charge in [-0.1, -0.05) is 0 Å². The number of amides is 4. The highest BCUT2D eigenvalue weighted by Gasteiger charge is 2.56. The van der Waals surface area contributed by atoms with E-state index in [-0.39, 0.29) is 17.4 Å². The van der Waals surface area contributed by atoms with Gasteiger partial charge in [0.15, 0.2) is 6.10 Å². The van der Waals surface area contributed by atoms with Gasteiger partial charge >= 0.3 is 12.0 Å². The molecule has 2 atom stereocenters. The summed E-state index contributed by atoms with van der Waals surface area (Å²) in [6.07, 6.45) is 7.74. The summed E-state index contributed by atoms with van der Waals surface area (Å²) in [7, 11) is 0. The van der Waals surface area contributed by atoms with Crippen LogP contribution in [0.15, 0.2) is 0 Å². The van der Waals surface area contributed by atoms with Crippen LogP contribution >= 0.6 is 0 Å². The van der Waals surface area contributed by atoms with Crippen molar-refractivity contribution in [2.75, 3.05) is 6.54 Å². The Morgan fingerprint density at radius 1 is 1.13 bits per heavy atom. The fourth-order valence-corrected chi connectivity index (χ4v) is 6.84. The summed E-state index contributed by atoms with van der Waals surface area (Å²) in [5.41, 5.74) is -1.08. The molecule has 4 amide bonds. The third kappa shape index (κ3) is 3.28. The first-order valence-electron chi connectivity index (χ1n) is 11.3. The molecular formula is C22H31N3O5. The van der Waals surface area contributed by atoms with Gasteiger partial charge in [0, 0.05) is 5.54 Å². The molecule has 0 aromatic heterocycles. The van der Waals surface area contributed by atoms with E-state index in [0.717, 1.165) is 37.0 Å². The van der Waals surface area contributed by atoms with Crippen molar-refractivity contribution in [2.45, 2.75) is 82.4 Å². The molecule has 8 heteroatoms. The van der Waals surface area contributed by atoms with Crippen molar-refractivity contribution in [1.82, 2.24) is 15.5 Å². The molecule has 5 saturated carbocycles. The van der Waals surface area contributed by atoms with Gasteiger partial charge < -0.3 is 15.4 Å². The maximum absolute atomic E-state index is 12.8. The second-order valence-electron chi connectivity index (χ2n) is 10.6. The van der Waals surface area contributed by atoms with Crippen molar-refractivity contribution >= 4 is 23.8 Å². The third-order valence-electron chi connectivity index (χ3n) is 8.09. The molecule has 8 nitrogen and oxygen atoms in total. The number of nitrogens with zero attached hydrogens (tertiary/aromatic N) is 1. The molecule has 0 unspecified atom stereocenters. The summed E-state index contributed by atoms with van der Waals surface area (Å²) < 4.78 is 5.30. The van der Waals surface area contributed by atoms with E-state index in [1.54, 1.807) is 13.8 Å². The highest BCUT2D eigenvalue weighted by molar-refractivity contribution is 6.08. The Hall–Kier alpha value is -2.12. The van der Waals surface area contributed by atoms with Gasteiger partial charge in [0.25, 0.3) is 11.8 Å². The van der Waals surface area contributed by atoms with Crippen LogP contribution < -0.4 is 10.6 Å². The minimum Gasteiger partial charge on any atom is -0.451 e. The molecule has 0 spiro atoms. The fourth-order valence-electron chi connectivity index (χ4n) is 6.84. The number of hydrogen-bond donors (Lipinski definition) is 2. The molecule has 6 rings (SSSR count). The molecular weight excluding hydrogens is 386 g/mol. The van der Waals surface area contributed by atoms with Crippen molar-refractivity contribution in [3.8, 4) is 0 Å². The van der Waals surface area contributed by atoms with Gasteiger partial charge in [-0.05, 0) is 88.9 Å². The van der Waals surface area contributed by atoms with Gasteiger partial charge in [-0.25, -0.2) is 4.79 Å². The summed E-state index contributed by atoms with van der Waals surface area (Å²) in [6, 6.07) is -0.572. The van der Waals surface area contributed by atoms with E-state index < -0.39 is 36.1 Å². The van der Waals surface area contributed by atoms with Crippen molar-refractivity contribution in [2.24, 2.45) is 23.7 Å². The Bertz CT molecular complexity index is 771. The minimum atomic E-state index is -0.957. The van der Waals surface area contributed by atoms with Crippen molar-refractivity contribution in [3.05, 3.63) is 0 Å². The molecule has 164 valence electrons.